The molecule has 2 heterocycles. The first-order valence-electron chi connectivity index (χ1n) is 6.31. The van der Waals surface area contributed by atoms with Crippen LogP contribution in [0.15, 0.2) is 36.5 Å². The zero-order chi connectivity index (χ0) is 15.7. The first-order chi connectivity index (χ1) is 10.4. The Hall–Kier alpha value is -1.09. The minimum absolute atomic E-state index is 0.645. The average molecular weight is 368 g/mol. The van der Waals surface area contributed by atoms with E-state index >= 15 is 0 Å². The molecule has 0 bridgehead atoms. The van der Waals surface area contributed by atoms with Gasteiger partial charge in [0.25, 0.3) is 0 Å². The number of rotatable bonds is 4. The smallest absolute Gasteiger partial charge is 0.171 e. The van der Waals surface area contributed by atoms with E-state index in [1.54, 1.807) is 24.6 Å². The Morgan fingerprint density at radius 3 is 2.64 bits per heavy atom. The average Bonchev–Trinajstić information content (AvgIpc) is 2.89. The van der Waals surface area contributed by atoms with Gasteiger partial charge in [0.05, 0.1) is 17.3 Å². The van der Waals surface area contributed by atoms with Gasteiger partial charge in [-0.2, -0.15) is 0 Å². The van der Waals surface area contributed by atoms with Crippen molar-refractivity contribution in [2.75, 3.05) is 12.4 Å². The normalized spacial score (nSPS) is 11.6. The maximum Gasteiger partial charge on any atom is 0.171 e. The minimum atomic E-state index is -0.916. The fourth-order valence-corrected chi connectivity index (χ4v) is 3.25. The van der Waals surface area contributed by atoms with Gasteiger partial charge in [0.15, 0.2) is 3.54 Å². The molecule has 1 N–H and O–H groups in total. The van der Waals surface area contributed by atoms with E-state index in [9.17, 15) is 0 Å². The van der Waals surface area contributed by atoms with Crippen molar-refractivity contribution in [3.05, 3.63) is 36.5 Å². The third kappa shape index (κ3) is 3.62. The summed E-state index contributed by atoms with van der Waals surface area (Å²) in [6, 6.07) is 9.64. The van der Waals surface area contributed by atoms with Crippen LogP contribution < -0.4 is 10.1 Å². The van der Waals surface area contributed by atoms with Crippen LogP contribution in [0.25, 0.3) is 20.8 Å². The van der Waals surface area contributed by atoms with Gasteiger partial charge in [-0.15, -0.1) is 49.2 Å². The summed E-state index contributed by atoms with van der Waals surface area (Å²) in [6.07, 6.45) is 1.76. The van der Waals surface area contributed by atoms with E-state index in [4.69, 9.17) is 4.74 Å². The van der Waals surface area contributed by atoms with E-state index in [-0.39, 0.29) is 0 Å². The Bertz CT molecular complexity index is 796. The second-order valence-corrected chi connectivity index (χ2v) is 8.65. The van der Waals surface area contributed by atoms with E-state index in [1.807, 2.05) is 30.3 Å². The number of pyridine rings is 1. The van der Waals surface area contributed by atoms with Crippen LogP contribution >= 0.6 is 49.2 Å². The second-order valence-electron chi connectivity index (χ2n) is 4.55. The van der Waals surface area contributed by atoms with Crippen LogP contribution in [0, 0.1) is 0 Å². The molecule has 0 amide bonds. The van der Waals surface area contributed by atoms with Crippen molar-refractivity contribution in [2.45, 2.75) is 3.54 Å². The van der Waals surface area contributed by atoms with E-state index in [0.717, 1.165) is 26.5 Å². The highest BCUT2D eigenvalue weighted by molar-refractivity contribution is 8.17. The molecule has 0 unspecified atom stereocenters. The third-order valence-corrected chi connectivity index (χ3v) is 4.30. The largest absolute Gasteiger partial charge is 0.497 e. The Balaban J connectivity index is 1.90. The fraction of sp³-hybridized carbons (Fsp3) is 0.143. The molecule has 2 aromatic heterocycles. The number of thiazole rings is 1. The summed E-state index contributed by atoms with van der Waals surface area (Å²) in [4.78, 5) is 8.95. The SMILES string of the molecule is COc1ccc2nc(-c3ccc(NC(S)(S)S)nc3)sc2c1. The monoisotopic (exact) mass is 367 g/mol. The Labute approximate surface area is 148 Å². The number of benzene rings is 1. The van der Waals surface area contributed by atoms with E-state index in [2.05, 4.69) is 53.2 Å². The van der Waals surface area contributed by atoms with Crippen LogP contribution in [0.5, 0.6) is 5.75 Å². The highest BCUT2D eigenvalue weighted by Crippen LogP contribution is 2.33. The predicted octanol–water partition coefficient (Wildman–Crippen LogP) is 4.18. The maximum atomic E-state index is 5.24. The summed E-state index contributed by atoms with van der Waals surface area (Å²) in [5.41, 5.74) is 1.90. The number of aromatic nitrogens is 2. The molecule has 114 valence electrons. The zero-order valence-electron chi connectivity index (χ0n) is 11.5. The molecule has 0 radical (unpaired) electrons. The summed E-state index contributed by atoms with van der Waals surface area (Å²) in [5.74, 6) is 1.47. The highest BCUT2D eigenvalue weighted by Gasteiger charge is 2.14. The lowest BCUT2D eigenvalue weighted by atomic mass is 10.3. The van der Waals surface area contributed by atoms with Gasteiger partial charge in [-0.05, 0) is 30.3 Å². The van der Waals surface area contributed by atoms with Crippen LogP contribution in [-0.4, -0.2) is 20.6 Å². The van der Waals surface area contributed by atoms with Gasteiger partial charge in [0.2, 0.25) is 0 Å². The first-order valence-corrected chi connectivity index (χ1v) is 8.47. The molecule has 22 heavy (non-hydrogen) atoms. The number of methoxy groups -OCH3 is 1. The molecule has 0 aliphatic rings. The zero-order valence-corrected chi connectivity index (χ0v) is 15.0. The second kappa shape index (κ2) is 6.19. The summed E-state index contributed by atoms with van der Waals surface area (Å²) in [7, 11) is 1.66. The van der Waals surface area contributed by atoms with Gasteiger partial charge >= 0.3 is 0 Å². The van der Waals surface area contributed by atoms with Crippen molar-refractivity contribution in [1.29, 1.82) is 0 Å². The highest BCUT2D eigenvalue weighted by atomic mass is 32.2. The number of fused-ring (bicyclic) bond motifs is 1. The molecule has 0 aliphatic carbocycles. The van der Waals surface area contributed by atoms with Crippen molar-refractivity contribution in [3.8, 4) is 16.3 Å². The van der Waals surface area contributed by atoms with Crippen LogP contribution in [0.1, 0.15) is 0 Å². The molecule has 1 aromatic carbocycles. The number of anilines is 1. The number of nitrogens with one attached hydrogen (secondary N) is 1. The lowest BCUT2D eigenvalue weighted by Crippen LogP contribution is -2.17. The van der Waals surface area contributed by atoms with E-state index in [1.165, 1.54) is 0 Å². The molecule has 4 nitrogen and oxygen atoms in total. The summed E-state index contributed by atoms with van der Waals surface area (Å²) in [5, 5.41) is 3.86. The van der Waals surface area contributed by atoms with E-state index < -0.39 is 3.54 Å². The Morgan fingerprint density at radius 1 is 1.18 bits per heavy atom. The predicted molar refractivity (Wildman–Crippen MR) is 103 cm³/mol. The minimum Gasteiger partial charge on any atom is -0.497 e. The quantitative estimate of drug-likeness (QED) is 0.413. The van der Waals surface area contributed by atoms with Crippen molar-refractivity contribution in [1.82, 2.24) is 9.97 Å². The molecular weight excluding hydrogens is 354 g/mol. The number of thiol groups is 3. The lowest BCUT2D eigenvalue weighted by Gasteiger charge is -2.17. The molecular formula is C14H13N3OS4. The standard InChI is InChI=1S/C14H13N3OS4/c1-18-9-3-4-10-11(6-9)22-13(16-10)8-2-5-12(15-7-8)17-14(19,20)21/h2-7,19-21H,1H3,(H,15,17). The topological polar surface area (TPSA) is 47.0 Å². The number of hydrogen-bond acceptors (Lipinski definition) is 8. The molecule has 8 heteroatoms. The first kappa shape index (κ1) is 15.8. The number of nitrogens with zero attached hydrogens (tertiary/aromatic N) is 2. The van der Waals surface area contributed by atoms with Gasteiger partial charge in [-0.25, -0.2) is 9.97 Å². The summed E-state index contributed by atoms with van der Waals surface area (Å²) >= 11 is 14.1. The van der Waals surface area contributed by atoms with Gasteiger partial charge in [0, 0.05) is 11.8 Å². The van der Waals surface area contributed by atoms with Gasteiger partial charge in [-0.3, -0.25) is 0 Å². The molecule has 0 fully saturated rings. The van der Waals surface area contributed by atoms with E-state index in [0.29, 0.717) is 5.82 Å². The van der Waals surface area contributed by atoms with Crippen molar-refractivity contribution in [3.63, 3.8) is 0 Å². The van der Waals surface area contributed by atoms with Gasteiger partial charge in [0.1, 0.15) is 16.6 Å². The molecule has 0 spiro atoms. The lowest BCUT2D eigenvalue weighted by molar-refractivity contribution is 0.415. The number of ether oxygens (including phenoxy) is 1. The number of hydrogen-bond donors (Lipinski definition) is 4. The molecule has 0 atom stereocenters. The molecule has 0 saturated carbocycles. The van der Waals surface area contributed by atoms with Gasteiger partial charge < -0.3 is 10.1 Å². The Morgan fingerprint density at radius 2 is 2.00 bits per heavy atom. The molecule has 0 saturated heterocycles. The van der Waals surface area contributed by atoms with Crippen LogP contribution in [0.4, 0.5) is 5.82 Å². The molecule has 3 aromatic rings. The molecule has 0 aliphatic heterocycles. The van der Waals surface area contributed by atoms with Crippen LogP contribution in [-0.2, 0) is 0 Å². The maximum absolute atomic E-state index is 5.24. The third-order valence-electron chi connectivity index (χ3n) is 2.90. The van der Waals surface area contributed by atoms with Crippen molar-refractivity contribution < 1.29 is 4.74 Å². The molecule has 3 rings (SSSR count). The fourth-order valence-electron chi connectivity index (χ4n) is 1.92. The summed E-state index contributed by atoms with van der Waals surface area (Å²) < 4.78 is 5.40. The van der Waals surface area contributed by atoms with Crippen LogP contribution in [0.2, 0.25) is 0 Å². The van der Waals surface area contributed by atoms with Crippen molar-refractivity contribution >= 4 is 65.3 Å². The Kier molecular flexibility index (Phi) is 4.44. The summed E-state index contributed by atoms with van der Waals surface area (Å²) in [6.45, 7) is 0. The van der Waals surface area contributed by atoms with Gasteiger partial charge in [-0.1, -0.05) is 0 Å². The van der Waals surface area contributed by atoms with Crippen molar-refractivity contribution in [2.24, 2.45) is 0 Å². The van der Waals surface area contributed by atoms with Crippen LogP contribution in [0.3, 0.4) is 0 Å².